The number of alkyl halides is 3. The third-order valence-electron chi connectivity index (χ3n) is 13.3. The van der Waals surface area contributed by atoms with Gasteiger partial charge in [0.05, 0.1) is 30.6 Å². The van der Waals surface area contributed by atoms with E-state index in [1.165, 1.54) is 25.2 Å². The van der Waals surface area contributed by atoms with Gasteiger partial charge in [0.15, 0.2) is 0 Å². The van der Waals surface area contributed by atoms with E-state index < -0.39 is 83.9 Å². The molecule has 69 heavy (non-hydrogen) atoms. The fourth-order valence-electron chi connectivity index (χ4n) is 9.67. The van der Waals surface area contributed by atoms with Crippen molar-refractivity contribution in [3.05, 3.63) is 71.5 Å². The second-order valence-electron chi connectivity index (χ2n) is 19.6. The molecule has 0 spiro atoms. The summed E-state index contributed by atoms with van der Waals surface area (Å²) in [4.78, 5) is 76.2. The molecule has 0 radical (unpaired) electrons. The van der Waals surface area contributed by atoms with Gasteiger partial charge in [-0.2, -0.15) is 13.2 Å². The first kappa shape index (κ1) is 50.8. The van der Waals surface area contributed by atoms with E-state index in [1.807, 2.05) is 51.1 Å². The molecule has 2 saturated heterocycles. The highest BCUT2D eigenvalue weighted by atomic mass is 19.4. The van der Waals surface area contributed by atoms with Crippen LogP contribution in [0.1, 0.15) is 77.3 Å². The zero-order valence-electron chi connectivity index (χ0n) is 40.6. The molecular formula is C50H63F3N8O8. The number of aromatic nitrogens is 2. The van der Waals surface area contributed by atoms with Gasteiger partial charge >= 0.3 is 12.1 Å². The van der Waals surface area contributed by atoms with Gasteiger partial charge in [-0.3, -0.25) is 39.3 Å². The second-order valence-corrected chi connectivity index (χ2v) is 19.6. The van der Waals surface area contributed by atoms with Crippen molar-refractivity contribution in [1.82, 2.24) is 40.4 Å². The lowest BCUT2D eigenvalue weighted by molar-refractivity contribution is -0.155. The van der Waals surface area contributed by atoms with Gasteiger partial charge < -0.3 is 34.3 Å². The number of hydrogen-bond acceptors (Lipinski definition) is 11. The highest BCUT2D eigenvalue weighted by Gasteiger charge is 2.59. The summed E-state index contributed by atoms with van der Waals surface area (Å²) in [5, 5.41) is 18.5. The molecule has 4 aromatic rings. The van der Waals surface area contributed by atoms with Crippen LogP contribution in [0.2, 0.25) is 0 Å². The molecule has 7 rings (SSSR count). The molecule has 0 saturated carbocycles. The number of halogens is 3. The van der Waals surface area contributed by atoms with Crippen molar-refractivity contribution in [2.75, 3.05) is 40.9 Å². The van der Waals surface area contributed by atoms with Gasteiger partial charge in [-0.1, -0.05) is 39.8 Å². The number of nitrogens with one attached hydrogen (secondary N) is 3. The Bertz CT molecular complexity index is 2620. The lowest BCUT2D eigenvalue weighted by Gasteiger charge is -2.37. The molecule has 6 bridgehead atoms. The summed E-state index contributed by atoms with van der Waals surface area (Å²) in [6.45, 7) is 11.8. The van der Waals surface area contributed by atoms with E-state index in [0.29, 0.717) is 36.9 Å². The van der Waals surface area contributed by atoms with Crippen molar-refractivity contribution in [3.8, 4) is 28.1 Å². The van der Waals surface area contributed by atoms with Crippen molar-refractivity contribution in [1.29, 1.82) is 0 Å². The van der Waals surface area contributed by atoms with Gasteiger partial charge in [-0.25, -0.2) is 5.43 Å². The van der Waals surface area contributed by atoms with E-state index >= 15 is 0 Å². The number of nitrogens with zero attached hydrogens (tertiary/aromatic N) is 5. The van der Waals surface area contributed by atoms with Gasteiger partial charge in [-0.05, 0) is 97.7 Å². The third-order valence-corrected chi connectivity index (χ3v) is 13.3. The lowest BCUT2D eigenvalue weighted by Crippen LogP contribution is -2.62. The summed E-state index contributed by atoms with van der Waals surface area (Å²) in [6, 6.07) is 8.13. The fraction of sp³-hybridized carbons (Fsp3) is 0.520. The standard InChI is InChI=1S/C50H63F3N8O8/c1-10-60-38-16-15-30-23-34(38)35(43(60)33-13-11-17-54-40(33)28(4)68-9)24-49(5,6)26-69-48(67)36-14-12-18-61(57-36)46(65)37(21-29-19-31(30)22-32(62)20-29)55-45(64)42(27(2)3)59(8)39(63)25-58(7)47(66)41-44(56-41)50(51,52)53/h11,13,15-17,19-20,22-23,27-28,36-37,41-42,44,56-57,62H,10,12,14,18,21,24-26H2,1-9H3,(H,55,64)/t28-,36-,37-,41+,42-,44+/m0/s1. The minimum absolute atomic E-state index is 0.0528. The smallest absolute Gasteiger partial charge is 0.405 e. The third kappa shape index (κ3) is 10.9. The number of hydrazine groups is 1. The van der Waals surface area contributed by atoms with Crippen LogP contribution in [0.3, 0.4) is 0 Å². The molecule has 3 aliphatic rings. The zero-order chi connectivity index (χ0) is 50.3. The van der Waals surface area contributed by atoms with Crippen LogP contribution in [0.15, 0.2) is 54.7 Å². The van der Waals surface area contributed by atoms with Gasteiger partial charge in [0.1, 0.15) is 36.0 Å². The number of hydrogen-bond donors (Lipinski definition) is 4. The maximum absolute atomic E-state index is 14.7. The first-order chi connectivity index (χ1) is 32.5. The zero-order valence-corrected chi connectivity index (χ0v) is 40.6. The number of esters is 1. The van der Waals surface area contributed by atoms with E-state index in [1.54, 1.807) is 33.2 Å². The van der Waals surface area contributed by atoms with E-state index in [0.717, 1.165) is 48.8 Å². The Morgan fingerprint density at radius 1 is 1.07 bits per heavy atom. The molecule has 4 N–H and O–H groups in total. The molecule has 5 heterocycles. The van der Waals surface area contributed by atoms with E-state index in [2.05, 4.69) is 33.6 Å². The minimum atomic E-state index is -4.63. The molecule has 2 aromatic heterocycles. The maximum Gasteiger partial charge on any atom is 0.405 e. The monoisotopic (exact) mass is 960 g/mol. The fourth-order valence-corrected chi connectivity index (χ4v) is 9.67. The SMILES string of the molecule is CCn1c(-c2cccnc2[C@H](C)OC)c2c3cc(ccc31)-c1cc(O)cc(c1)C[C@H](NC(=O)[C@H](C(C)C)N(C)C(=O)CN(C)C(=O)[C@@H]1N[C@H]1C(F)(F)F)C(=O)N1CCC[C@H](N1)C(=O)OCC(C)(C)C2. The van der Waals surface area contributed by atoms with E-state index in [-0.39, 0.29) is 31.4 Å². The largest absolute Gasteiger partial charge is 0.508 e. The number of carbonyl (C=O) groups is 5. The Hall–Kier alpha value is -6.05. The number of fused-ring (bicyclic) bond motifs is 6. The molecule has 2 aromatic carbocycles. The molecular weight excluding hydrogens is 898 g/mol. The van der Waals surface area contributed by atoms with E-state index in [4.69, 9.17) is 14.5 Å². The van der Waals surface area contributed by atoms with Crippen molar-refractivity contribution in [3.63, 3.8) is 0 Å². The average Bonchev–Trinajstić information content (AvgIpc) is 4.07. The quantitative estimate of drug-likeness (QED) is 0.113. The Balaban J connectivity index is 1.27. The molecule has 0 aliphatic carbocycles. The number of ether oxygens (including phenoxy) is 2. The lowest BCUT2D eigenvalue weighted by atomic mass is 9.84. The number of phenols is 1. The number of aryl methyl sites for hydroxylation is 1. The first-order valence-electron chi connectivity index (χ1n) is 23.4. The van der Waals surface area contributed by atoms with Crippen LogP contribution in [0.5, 0.6) is 5.75 Å². The molecule has 16 nitrogen and oxygen atoms in total. The normalized spacial score (nSPS) is 21.6. The molecule has 0 unspecified atom stereocenters. The van der Waals surface area contributed by atoms with Gasteiger partial charge in [0.25, 0.3) is 5.91 Å². The highest BCUT2D eigenvalue weighted by molar-refractivity contribution is 5.96. The average molecular weight is 961 g/mol. The van der Waals surface area contributed by atoms with Crippen molar-refractivity contribution in [2.45, 2.75) is 116 Å². The number of rotatable bonds is 11. The van der Waals surface area contributed by atoms with Crippen LogP contribution in [0.4, 0.5) is 13.2 Å². The summed E-state index contributed by atoms with van der Waals surface area (Å²) >= 11 is 0. The van der Waals surface area contributed by atoms with Crippen LogP contribution in [-0.4, -0.2) is 136 Å². The molecule has 19 heteroatoms. The number of aromatic hydroxyl groups is 1. The topological polar surface area (TPSA) is 198 Å². The number of phenolic OH excluding ortho intramolecular Hbond substituents is 1. The number of carbonyl (C=O) groups excluding carboxylic acids is 5. The Labute approximate surface area is 399 Å². The minimum Gasteiger partial charge on any atom is -0.508 e. The van der Waals surface area contributed by atoms with Gasteiger partial charge in [-0.15, -0.1) is 0 Å². The molecule has 4 amide bonds. The van der Waals surface area contributed by atoms with Gasteiger partial charge in [0.2, 0.25) is 17.7 Å². The van der Waals surface area contributed by atoms with Crippen LogP contribution >= 0.6 is 0 Å². The molecule has 2 fully saturated rings. The van der Waals surface area contributed by atoms with Crippen LogP contribution in [-0.2, 0) is 52.8 Å². The number of likely N-dealkylation sites (N-methyl/N-ethyl adjacent to an activating group) is 2. The highest BCUT2D eigenvalue weighted by Crippen LogP contribution is 2.42. The second kappa shape index (κ2) is 20.1. The number of methoxy groups -OCH3 is 1. The summed E-state index contributed by atoms with van der Waals surface area (Å²) in [5.41, 5.74) is 8.99. The number of pyridine rings is 1. The van der Waals surface area contributed by atoms with Crippen LogP contribution < -0.4 is 16.1 Å². The summed E-state index contributed by atoms with van der Waals surface area (Å²) in [6.07, 6.45) is -2.01. The summed E-state index contributed by atoms with van der Waals surface area (Å²) in [5.74, 6) is -4.09. The molecule has 372 valence electrons. The number of benzene rings is 2. The van der Waals surface area contributed by atoms with Crippen molar-refractivity contribution >= 4 is 40.5 Å². The number of cyclic esters (lactones) is 1. The summed E-state index contributed by atoms with van der Waals surface area (Å²) in [7, 11) is 4.21. The molecule has 6 atom stereocenters. The summed E-state index contributed by atoms with van der Waals surface area (Å²) < 4.78 is 53.7. The van der Waals surface area contributed by atoms with Crippen LogP contribution in [0, 0.1) is 11.3 Å². The van der Waals surface area contributed by atoms with E-state index in [9.17, 15) is 42.3 Å². The first-order valence-corrected chi connectivity index (χ1v) is 23.4. The van der Waals surface area contributed by atoms with Gasteiger partial charge in [0, 0.05) is 68.8 Å². The predicted octanol–water partition coefficient (Wildman–Crippen LogP) is 5.30. The predicted molar refractivity (Wildman–Crippen MR) is 251 cm³/mol. The molecule has 3 aliphatic heterocycles. The maximum atomic E-state index is 14.7. The Kier molecular flexibility index (Phi) is 14.8. The van der Waals surface area contributed by atoms with Crippen LogP contribution in [0.25, 0.3) is 33.3 Å². The van der Waals surface area contributed by atoms with Crippen molar-refractivity contribution < 1.29 is 51.7 Å². The Morgan fingerprint density at radius 2 is 1.81 bits per heavy atom. The van der Waals surface area contributed by atoms with Crippen molar-refractivity contribution in [2.24, 2.45) is 11.3 Å². The number of amides is 4. The Morgan fingerprint density at radius 3 is 2.48 bits per heavy atom.